The van der Waals surface area contributed by atoms with Gasteiger partial charge in [-0.05, 0) is 32.0 Å². The molecule has 8 nitrogen and oxygen atoms in total. The van der Waals surface area contributed by atoms with E-state index in [1.165, 1.54) is 18.2 Å². The molecule has 0 unspecified atom stereocenters. The first kappa shape index (κ1) is 17.2. The van der Waals surface area contributed by atoms with Gasteiger partial charge < -0.3 is 9.84 Å². The summed E-state index contributed by atoms with van der Waals surface area (Å²) in [5.74, 6) is -1.31. The van der Waals surface area contributed by atoms with Crippen molar-refractivity contribution in [3.05, 3.63) is 28.2 Å². The molecule has 10 heteroatoms. The number of ether oxygens (including phenoxy) is 1. The van der Waals surface area contributed by atoms with Gasteiger partial charge in [0.2, 0.25) is 0 Å². The van der Waals surface area contributed by atoms with E-state index >= 15 is 0 Å². The van der Waals surface area contributed by atoms with Crippen molar-refractivity contribution in [2.45, 2.75) is 20.0 Å². The van der Waals surface area contributed by atoms with Crippen LogP contribution >= 0.6 is 15.9 Å². The average Bonchev–Trinajstić information content (AvgIpc) is 2.24. The van der Waals surface area contributed by atoms with Gasteiger partial charge in [-0.2, -0.15) is 8.42 Å². The van der Waals surface area contributed by atoms with Gasteiger partial charge in [0.15, 0.2) is 0 Å². The van der Waals surface area contributed by atoms with Crippen LogP contribution in [0.3, 0.4) is 0 Å². The number of nitrogens with one attached hydrogen (secondary N) is 2. The van der Waals surface area contributed by atoms with Gasteiger partial charge in [0, 0.05) is 4.47 Å². The van der Waals surface area contributed by atoms with Crippen molar-refractivity contribution >= 4 is 43.9 Å². The lowest BCUT2D eigenvalue weighted by atomic mass is 10.2. The first-order valence-corrected chi connectivity index (χ1v) is 7.92. The summed E-state index contributed by atoms with van der Waals surface area (Å²) in [6, 6.07) is 3.93. The summed E-state index contributed by atoms with van der Waals surface area (Å²) in [6.45, 7) is 3.10. The number of amides is 1. The van der Waals surface area contributed by atoms with Gasteiger partial charge in [-0.25, -0.2) is 14.3 Å². The molecule has 0 aliphatic heterocycles. The lowest BCUT2D eigenvalue weighted by molar-refractivity contribution is 0.0698. The quantitative estimate of drug-likeness (QED) is 0.717. The van der Waals surface area contributed by atoms with Gasteiger partial charge in [0.25, 0.3) is 0 Å². The molecule has 21 heavy (non-hydrogen) atoms. The number of hydrogen-bond donors (Lipinski definition) is 3. The number of benzene rings is 1. The standard InChI is InChI=1S/C11H13BrN2O6S/c1-6(2)20-11(17)14-21(18,19)13-9-5-7(12)3-4-8(9)10(15)16/h3-6,13H,1-2H3,(H,14,17)(H,15,16). The summed E-state index contributed by atoms with van der Waals surface area (Å²) in [7, 11) is -4.31. The van der Waals surface area contributed by atoms with Crippen molar-refractivity contribution in [3.63, 3.8) is 0 Å². The largest absolute Gasteiger partial charge is 0.478 e. The predicted octanol–water partition coefficient (Wildman–Crippen LogP) is 1.94. The van der Waals surface area contributed by atoms with Gasteiger partial charge in [0.05, 0.1) is 17.4 Å². The highest BCUT2D eigenvalue weighted by atomic mass is 79.9. The zero-order valence-electron chi connectivity index (χ0n) is 11.1. The first-order chi connectivity index (χ1) is 9.60. The second-order valence-electron chi connectivity index (χ2n) is 4.16. The molecule has 0 bridgehead atoms. The Bertz CT molecular complexity index is 659. The third-order valence-electron chi connectivity index (χ3n) is 2.02. The Hall–Kier alpha value is -1.81. The smallest absolute Gasteiger partial charge is 0.422 e. The fourth-order valence-corrected chi connectivity index (χ4v) is 2.44. The summed E-state index contributed by atoms with van der Waals surface area (Å²) in [6.07, 6.45) is -1.66. The minimum atomic E-state index is -4.31. The fourth-order valence-electron chi connectivity index (χ4n) is 1.31. The van der Waals surface area contributed by atoms with Gasteiger partial charge in [-0.3, -0.25) is 4.72 Å². The molecule has 0 saturated carbocycles. The van der Waals surface area contributed by atoms with Crippen LogP contribution in [0.5, 0.6) is 0 Å². The second-order valence-corrected chi connectivity index (χ2v) is 6.49. The Balaban J connectivity index is 2.96. The number of aromatic carboxylic acids is 1. The van der Waals surface area contributed by atoms with Gasteiger partial charge in [0.1, 0.15) is 0 Å². The van der Waals surface area contributed by atoms with Crippen LogP contribution in [0.15, 0.2) is 22.7 Å². The van der Waals surface area contributed by atoms with E-state index in [9.17, 15) is 18.0 Å². The third kappa shape index (κ3) is 5.60. The monoisotopic (exact) mass is 380 g/mol. The molecule has 0 aliphatic rings. The van der Waals surface area contributed by atoms with Crippen molar-refractivity contribution in [1.82, 2.24) is 4.72 Å². The van der Waals surface area contributed by atoms with Gasteiger partial charge in [-0.1, -0.05) is 15.9 Å². The summed E-state index contributed by atoms with van der Waals surface area (Å²) < 4.78 is 32.2. The predicted molar refractivity (Wildman–Crippen MR) is 78.4 cm³/mol. The molecule has 0 saturated heterocycles. The number of anilines is 1. The van der Waals surface area contributed by atoms with Crippen LogP contribution in [0, 0.1) is 0 Å². The molecule has 1 rings (SSSR count). The molecule has 0 radical (unpaired) electrons. The lowest BCUT2D eigenvalue weighted by Crippen LogP contribution is -2.37. The van der Waals surface area contributed by atoms with E-state index in [2.05, 4.69) is 20.7 Å². The van der Waals surface area contributed by atoms with Crippen LogP contribution in [-0.4, -0.2) is 31.7 Å². The normalized spacial score (nSPS) is 11.0. The molecule has 3 N–H and O–H groups in total. The van der Waals surface area contributed by atoms with Gasteiger partial charge >= 0.3 is 22.3 Å². The zero-order valence-corrected chi connectivity index (χ0v) is 13.5. The molecule has 0 spiro atoms. The zero-order chi connectivity index (χ0) is 16.2. The third-order valence-corrected chi connectivity index (χ3v) is 3.43. The van der Waals surface area contributed by atoms with E-state index in [0.29, 0.717) is 4.47 Å². The molecule has 0 aliphatic carbocycles. The van der Waals surface area contributed by atoms with Crippen LogP contribution in [0.2, 0.25) is 0 Å². The van der Waals surface area contributed by atoms with Crippen LogP contribution in [0.4, 0.5) is 10.5 Å². The Labute approximate surface area is 129 Å². The molecule has 1 aromatic carbocycles. The highest BCUT2D eigenvalue weighted by Crippen LogP contribution is 2.22. The van der Waals surface area contributed by atoms with E-state index in [-0.39, 0.29) is 11.3 Å². The first-order valence-electron chi connectivity index (χ1n) is 5.64. The van der Waals surface area contributed by atoms with Crippen LogP contribution < -0.4 is 9.44 Å². The van der Waals surface area contributed by atoms with Crippen molar-refractivity contribution in [3.8, 4) is 0 Å². The Morgan fingerprint density at radius 3 is 2.48 bits per heavy atom. The fraction of sp³-hybridized carbons (Fsp3) is 0.273. The Morgan fingerprint density at radius 1 is 1.33 bits per heavy atom. The molecule has 0 heterocycles. The molecule has 0 aromatic heterocycles. The van der Waals surface area contributed by atoms with E-state index in [1.54, 1.807) is 18.6 Å². The maximum absolute atomic E-state index is 11.7. The summed E-state index contributed by atoms with van der Waals surface area (Å²) >= 11 is 3.10. The van der Waals surface area contributed by atoms with Crippen molar-refractivity contribution < 1.29 is 27.9 Å². The SMILES string of the molecule is CC(C)OC(=O)NS(=O)(=O)Nc1cc(Br)ccc1C(=O)O. The number of hydrogen-bond acceptors (Lipinski definition) is 5. The summed E-state index contributed by atoms with van der Waals surface area (Å²) in [5.41, 5.74) is -0.456. The molecule has 0 fully saturated rings. The highest BCUT2D eigenvalue weighted by molar-refractivity contribution is 9.10. The minimum absolute atomic E-state index is 0.193. The Kier molecular flexibility index (Phi) is 5.55. The molecular weight excluding hydrogens is 368 g/mol. The number of carbonyl (C=O) groups excluding carboxylic acids is 1. The van der Waals surface area contributed by atoms with Gasteiger partial charge in [-0.15, -0.1) is 0 Å². The number of carboxylic acid groups (broad SMARTS) is 1. The average molecular weight is 381 g/mol. The van der Waals surface area contributed by atoms with Crippen LogP contribution in [0.25, 0.3) is 0 Å². The van der Waals surface area contributed by atoms with Crippen molar-refractivity contribution in [2.75, 3.05) is 4.72 Å². The van der Waals surface area contributed by atoms with Crippen molar-refractivity contribution in [1.29, 1.82) is 0 Å². The summed E-state index contributed by atoms with van der Waals surface area (Å²) in [5, 5.41) is 8.99. The van der Waals surface area contributed by atoms with Crippen molar-refractivity contribution in [2.24, 2.45) is 0 Å². The molecule has 0 atom stereocenters. The Morgan fingerprint density at radius 2 is 1.95 bits per heavy atom. The van der Waals surface area contributed by atoms with E-state index in [0.717, 1.165) is 0 Å². The van der Waals surface area contributed by atoms with E-state index < -0.39 is 28.4 Å². The topological polar surface area (TPSA) is 122 Å². The minimum Gasteiger partial charge on any atom is -0.478 e. The van der Waals surface area contributed by atoms with Crippen LogP contribution in [0.1, 0.15) is 24.2 Å². The second kappa shape index (κ2) is 6.76. The lowest BCUT2D eigenvalue weighted by Gasteiger charge is -2.13. The maximum atomic E-state index is 11.7. The molecule has 1 amide bonds. The van der Waals surface area contributed by atoms with E-state index in [1.807, 2.05) is 4.72 Å². The van der Waals surface area contributed by atoms with Crippen LogP contribution in [-0.2, 0) is 14.9 Å². The highest BCUT2D eigenvalue weighted by Gasteiger charge is 2.20. The number of rotatable bonds is 5. The number of carbonyl (C=O) groups is 2. The molecular formula is C11H13BrN2O6S. The molecule has 116 valence electrons. The number of halogens is 1. The van der Waals surface area contributed by atoms with E-state index in [4.69, 9.17) is 5.11 Å². The number of carboxylic acids is 1. The molecule has 1 aromatic rings. The summed E-state index contributed by atoms with van der Waals surface area (Å²) in [4.78, 5) is 22.3. The maximum Gasteiger partial charge on any atom is 0.422 e.